The summed E-state index contributed by atoms with van der Waals surface area (Å²) < 4.78 is 77.2. The molecule has 0 aromatic heterocycles. The van der Waals surface area contributed by atoms with Gasteiger partial charge in [0.25, 0.3) is 0 Å². The van der Waals surface area contributed by atoms with Gasteiger partial charge in [0.1, 0.15) is 5.92 Å². The lowest BCUT2D eigenvalue weighted by Gasteiger charge is -2.20. The van der Waals surface area contributed by atoms with E-state index in [1.807, 2.05) is 0 Å². The van der Waals surface area contributed by atoms with E-state index in [9.17, 15) is 50.9 Å². The maximum atomic E-state index is 13.4. The maximum Gasteiger partial charge on any atom is 0.417 e. The Morgan fingerprint density at radius 1 is 0.955 bits per heavy atom. The predicted octanol–water partition coefficient (Wildman–Crippen LogP) is -0.579. The van der Waals surface area contributed by atoms with Crippen LogP contribution in [0.4, 0.5) is 26.3 Å². The quantitative estimate of drug-likeness (QED) is 0.319. The number of carbonyl (C=O) groups excluding carboxylic acids is 3. The number of hydrogen-bond donors (Lipinski definition) is 0. The molecule has 0 saturated carbocycles. The molecule has 0 fully saturated rings. The van der Waals surface area contributed by atoms with Crippen LogP contribution in [0.25, 0.3) is 0 Å². The third-order valence-electron chi connectivity index (χ3n) is 2.45. The average molecular weight is 328 g/mol. The molecule has 11 heteroatoms. The van der Waals surface area contributed by atoms with Crippen LogP contribution in [0, 0.1) is 23.4 Å². The molecule has 120 valence electrons. The van der Waals surface area contributed by atoms with Crippen LogP contribution in [-0.2, 0) is 15.8 Å². The molecule has 0 N–H and O–H groups in total. The normalized spacial score (nSPS) is 11.6. The minimum Gasteiger partial charge on any atom is -0.549 e. The number of alkyl halides is 3. The highest BCUT2D eigenvalue weighted by Gasteiger charge is 2.41. The molecular formula is C11H2F6O5-2. The van der Waals surface area contributed by atoms with Gasteiger partial charge in [0, 0.05) is 0 Å². The standard InChI is InChI=1S/C11H4F6O5/c12-3-1-2(11(15,16)17)4(7(14)6(3)13)8(18)5(9(19)20)10(21)22/h1,5H,(H,19,20)(H,21,22)/p-2. The van der Waals surface area contributed by atoms with Gasteiger partial charge in [-0.2, -0.15) is 13.2 Å². The molecule has 0 saturated heterocycles. The summed E-state index contributed by atoms with van der Waals surface area (Å²) in [6.07, 6.45) is -5.59. The molecule has 0 unspecified atom stereocenters. The Balaban J connectivity index is 3.72. The molecule has 1 aromatic carbocycles. The number of halogens is 6. The fourth-order valence-corrected chi connectivity index (χ4v) is 1.51. The van der Waals surface area contributed by atoms with Crippen molar-refractivity contribution in [1.29, 1.82) is 0 Å². The van der Waals surface area contributed by atoms with Gasteiger partial charge in [-0.3, -0.25) is 4.79 Å². The van der Waals surface area contributed by atoms with Crippen molar-refractivity contribution in [3.05, 3.63) is 34.6 Å². The lowest BCUT2D eigenvalue weighted by atomic mass is 9.93. The van der Waals surface area contributed by atoms with Crippen LogP contribution < -0.4 is 10.2 Å². The first kappa shape index (κ1) is 17.5. The molecule has 0 amide bonds. The van der Waals surface area contributed by atoms with Crippen LogP contribution in [0.2, 0.25) is 0 Å². The number of aliphatic carboxylic acids is 2. The Labute approximate surface area is 116 Å². The maximum absolute atomic E-state index is 13.4. The van der Waals surface area contributed by atoms with Gasteiger partial charge in [-0.05, 0) is 6.07 Å². The van der Waals surface area contributed by atoms with E-state index in [4.69, 9.17) is 0 Å². The average Bonchev–Trinajstić information content (AvgIpc) is 2.33. The molecule has 0 bridgehead atoms. The Hall–Kier alpha value is -2.59. The SMILES string of the molecule is O=C([O-])C(C(=O)[O-])C(=O)c1c(C(F)(F)F)cc(F)c(F)c1F. The molecule has 5 nitrogen and oxygen atoms in total. The molecule has 0 atom stereocenters. The van der Waals surface area contributed by atoms with Crippen molar-refractivity contribution in [3.8, 4) is 0 Å². The van der Waals surface area contributed by atoms with Crippen LogP contribution in [-0.4, -0.2) is 17.7 Å². The smallest absolute Gasteiger partial charge is 0.417 e. The number of ketones is 1. The monoisotopic (exact) mass is 328 g/mol. The third-order valence-corrected chi connectivity index (χ3v) is 2.45. The van der Waals surface area contributed by atoms with Crippen LogP contribution in [0.15, 0.2) is 6.07 Å². The van der Waals surface area contributed by atoms with E-state index < -0.39 is 64.5 Å². The Morgan fingerprint density at radius 2 is 1.41 bits per heavy atom. The highest BCUT2D eigenvalue weighted by molar-refractivity contribution is 6.19. The number of Topliss-reactive ketones (excluding diaryl/α,β-unsaturated/α-hetero) is 1. The summed E-state index contributed by atoms with van der Waals surface area (Å²) in [4.78, 5) is 32.4. The number of benzene rings is 1. The van der Waals surface area contributed by atoms with Gasteiger partial charge in [0.05, 0.1) is 23.1 Å². The van der Waals surface area contributed by atoms with Crippen molar-refractivity contribution >= 4 is 17.7 Å². The van der Waals surface area contributed by atoms with E-state index in [0.717, 1.165) is 0 Å². The van der Waals surface area contributed by atoms with E-state index in [2.05, 4.69) is 0 Å². The summed E-state index contributed by atoms with van der Waals surface area (Å²) in [5.41, 5.74) is -4.65. The van der Waals surface area contributed by atoms with Crippen molar-refractivity contribution in [1.82, 2.24) is 0 Å². The highest BCUT2D eigenvalue weighted by Crippen LogP contribution is 2.36. The molecule has 0 radical (unpaired) electrons. The van der Waals surface area contributed by atoms with Crippen LogP contribution in [0.3, 0.4) is 0 Å². The fraction of sp³-hybridized carbons (Fsp3) is 0.182. The van der Waals surface area contributed by atoms with Crippen LogP contribution in [0.5, 0.6) is 0 Å². The molecule has 1 rings (SSSR count). The van der Waals surface area contributed by atoms with Crippen LogP contribution in [0.1, 0.15) is 15.9 Å². The zero-order chi connectivity index (χ0) is 17.4. The first-order valence-electron chi connectivity index (χ1n) is 5.10. The number of carbonyl (C=O) groups is 3. The van der Waals surface area contributed by atoms with Crippen molar-refractivity contribution in [3.63, 3.8) is 0 Å². The van der Waals surface area contributed by atoms with Gasteiger partial charge in [-0.1, -0.05) is 0 Å². The van der Waals surface area contributed by atoms with Crippen LogP contribution >= 0.6 is 0 Å². The van der Waals surface area contributed by atoms with Crippen molar-refractivity contribution in [2.45, 2.75) is 6.18 Å². The lowest BCUT2D eigenvalue weighted by molar-refractivity contribution is -0.328. The van der Waals surface area contributed by atoms with Gasteiger partial charge in [-0.25, -0.2) is 13.2 Å². The second kappa shape index (κ2) is 5.66. The summed E-state index contributed by atoms with van der Waals surface area (Å²) in [5.74, 6) is -18.7. The molecule has 22 heavy (non-hydrogen) atoms. The molecule has 0 spiro atoms. The van der Waals surface area contributed by atoms with Crippen molar-refractivity contribution in [2.24, 2.45) is 5.92 Å². The Morgan fingerprint density at radius 3 is 1.77 bits per heavy atom. The van der Waals surface area contributed by atoms with E-state index in [1.165, 1.54) is 0 Å². The van der Waals surface area contributed by atoms with E-state index in [0.29, 0.717) is 0 Å². The summed E-state index contributed by atoms with van der Waals surface area (Å²) in [6.45, 7) is 0. The number of carboxylic acid groups (broad SMARTS) is 2. The third kappa shape index (κ3) is 3.02. The zero-order valence-electron chi connectivity index (χ0n) is 9.96. The minimum atomic E-state index is -5.59. The van der Waals surface area contributed by atoms with Crippen molar-refractivity contribution < 1.29 is 50.9 Å². The number of hydrogen-bond acceptors (Lipinski definition) is 5. The Kier molecular flexibility index (Phi) is 4.49. The second-order valence-corrected chi connectivity index (χ2v) is 3.84. The summed E-state index contributed by atoms with van der Waals surface area (Å²) in [7, 11) is 0. The first-order chi connectivity index (χ1) is 9.89. The summed E-state index contributed by atoms with van der Waals surface area (Å²) >= 11 is 0. The molecule has 0 aliphatic carbocycles. The predicted molar refractivity (Wildman–Crippen MR) is 49.2 cm³/mol. The van der Waals surface area contributed by atoms with Gasteiger partial charge in [-0.15, -0.1) is 0 Å². The van der Waals surface area contributed by atoms with Gasteiger partial charge in [0.15, 0.2) is 23.2 Å². The van der Waals surface area contributed by atoms with Gasteiger partial charge in [0.2, 0.25) is 0 Å². The molecule has 0 aliphatic rings. The Bertz CT molecular complexity index is 652. The second-order valence-electron chi connectivity index (χ2n) is 3.84. The summed E-state index contributed by atoms with van der Waals surface area (Å²) in [5, 5.41) is 20.9. The first-order valence-corrected chi connectivity index (χ1v) is 5.10. The van der Waals surface area contributed by atoms with E-state index in [1.54, 1.807) is 0 Å². The summed E-state index contributed by atoms with van der Waals surface area (Å²) in [6, 6.07) is -0.604. The topological polar surface area (TPSA) is 97.3 Å². The van der Waals surface area contributed by atoms with Gasteiger partial charge >= 0.3 is 6.18 Å². The minimum absolute atomic E-state index is 0.604. The largest absolute Gasteiger partial charge is 0.549 e. The molecule has 0 heterocycles. The van der Waals surface area contributed by atoms with E-state index in [-0.39, 0.29) is 0 Å². The van der Waals surface area contributed by atoms with Gasteiger partial charge < -0.3 is 19.8 Å². The number of carboxylic acids is 2. The zero-order valence-corrected chi connectivity index (χ0v) is 9.96. The van der Waals surface area contributed by atoms with Crippen molar-refractivity contribution in [2.75, 3.05) is 0 Å². The lowest BCUT2D eigenvalue weighted by Crippen LogP contribution is -2.48. The molecule has 0 aliphatic heterocycles. The molecular weight excluding hydrogens is 326 g/mol. The highest BCUT2D eigenvalue weighted by atomic mass is 19.4. The number of rotatable bonds is 4. The van der Waals surface area contributed by atoms with E-state index >= 15 is 0 Å². The molecule has 1 aromatic rings. The fourth-order valence-electron chi connectivity index (χ4n) is 1.51.